The van der Waals surface area contributed by atoms with Crippen LogP contribution in [0.1, 0.15) is 20.8 Å². The molecule has 0 saturated heterocycles. The fourth-order valence-corrected chi connectivity index (χ4v) is 0.752. The topological polar surface area (TPSA) is 21.3 Å². The number of alkyl halides is 3. The first-order valence-corrected chi connectivity index (χ1v) is 4.18. The molecule has 1 N–H and O–H groups in total. The van der Waals surface area contributed by atoms with E-state index in [1.807, 2.05) is 0 Å². The van der Waals surface area contributed by atoms with E-state index in [4.69, 9.17) is 4.74 Å². The number of nitrogens with one attached hydrogen (secondary N) is 1. The molecule has 2 nitrogen and oxygen atoms in total. The van der Waals surface area contributed by atoms with Crippen molar-refractivity contribution in [2.45, 2.75) is 45.2 Å². The fourth-order valence-electron chi connectivity index (χ4n) is 0.752. The lowest BCUT2D eigenvalue weighted by atomic mass is 10.2. The van der Waals surface area contributed by atoms with Crippen molar-refractivity contribution in [3.63, 3.8) is 0 Å². The van der Waals surface area contributed by atoms with E-state index in [1.165, 1.54) is 0 Å². The van der Waals surface area contributed by atoms with Crippen LogP contribution in [-0.2, 0) is 4.74 Å². The quantitative estimate of drug-likeness (QED) is 0.747. The summed E-state index contributed by atoms with van der Waals surface area (Å²) in [5, 5.41) is 2.83. The van der Waals surface area contributed by atoms with Gasteiger partial charge in [0.15, 0.2) is 6.10 Å². The first-order valence-electron chi connectivity index (χ1n) is 4.18. The number of halogens is 3. The molecular weight excluding hydrogens is 183 g/mol. The molecule has 0 aliphatic rings. The van der Waals surface area contributed by atoms with Crippen LogP contribution in [0.15, 0.2) is 0 Å². The molecule has 0 rings (SSSR count). The Labute approximate surface area is 76.5 Å². The van der Waals surface area contributed by atoms with E-state index in [9.17, 15) is 13.2 Å². The second-order valence-corrected chi connectivity index (χ2v) is 3.10. The first kappa shape index (κ1) is 12.7. The average molecular weight is 199 g/mol. The maximum atomic E-state index is 12.0. The molecule has 0 aromatic carbocycles. The molecular formula is C8H16F3NO. The molecule has 5 heteroatoms. The molecule has 0 saturated carbocycles. The SMILES string of the molecule is CNC(C)C(C)OC(C)C(F)(F)F. The van der Waals surface area contributed by atoms with Gasteiger partial charge < -0.3 is 10.1 Å². The molecule has 0 aliphatic heterocycles. The van der Waals surface area contributed by atoms with Crippen molar-refractivity contribution in [3.05, 3.63) is 0 Å². The van der Waals surface area contributed by atoms with Crippen LogP contribution in [0.5, 0.6) is 0 Å². The molecule has 0 amide bonds. The van der Waals surface area contributed by atoms with Crippen molar-refractivity contribution in [1.82, 2.24) is 5.32 Å². The van der Waals surface area contributed by atoms with Gasteiger partial charge in [-0.2, -0.15) is 13.2 Å². The van der Waals surface area contributed by atoms with E-state index >= 15 is 0 Å². The van der Waals surface area contributed by atoms with Crippen molar-refractivity contribution >= 4 is 0 Å². The van der Waals surface area contributed by atoms with Gasteiger partial charge >= 0.3 is 6.18 Å². The third-order valence-electron chi connectivity index (χ3n) is 2.04. The summed E-state index contributed by atoms with van der Waals surface area (Å²) < 4.78 is 40.9. The molecule has 80 valence electrons. The summed E-state index contributed by atoms with van der Waals surface area (Å²) in [5.74, 6) is 0. The van der Waals surface area contributed by atoms with Crippen molar-refractivity contribution in [1.29, 1.82) is 0 Å². The zero-order valence-corrected chi connectivity index (χ0v) is 8.27. The Kier molecular flexibility index (Phi) is 4.70. The minimum Gasteiger partial charge on any atom is -0.365 e. The molecule has 13 heavy (non-hydrogen) atoms. The van der Waals surface area contributed by atoms with Gasteiger partial charge in [-0.15, -0.1) is 0 Å². The van der Waals surface area contributed by atoms with Crippen LogP contribution >= 0.6 is 0 Å². The number of hydrogen-bond acceptors (Lipinski definition) is 2. The largest absolute Gasteiger partial charge is 0.414 e. The van der Waals surface area contributed by atoms with Crippen molar-refractivity contribution in [2.24, 2.45) is 0 Å². The van der Waals surface area contributed by atoms with Crippen LogP contribution in [0.25, 0.3) is 0 Å². The molecule has 0 bridgehead atoms. The van der Waals surface area contributed by atoms with Gasteiger partial charge in [0.2, 0.25) is 0 Å². The lowest BCUT2D eigenvalue weighted by Gasteiger charge is -2.25. The van der Waals surface area contributed by atoms with Gasteiger partial charge in [-0.1, -0.05) is 0 Å². The monoisotopic (exact) mass is 199 g/mol. The zero-order chi connectivity index (χ0) is 10.6. The van der Waals surface area contributed by atoms with Crippen LogP contribution in [0.3, 0.4) is 0 Å². The van der Waals surface area contributed by atoms with E-state index in [-0.39, 0.29) is 6.04 Å². The number of rotatable bonds is 4. The Morgan fingerprint density at radius 2 is 1.62 bits per heavy atom. The lowest BCUT2D eigenvalue weighted by molar-refractivity contribution is -0.226. The number of hydrogen-bond donors (Lipinski definition) is 1. The smallest absolute Gasteiger partial charge is 0.365 e. The van der Waals surface area contributed by atoms with Gasteiger partial charge in [-0.05, 0) is 27.8 Å². The van der Waals surface area contributed by atoms with Crippen LogP contribution in [0.2, 0.25) is 0 Å². The van der Waals surface area contributed by atoms with Gasteiger partial charge in [0.05, 0.1) is 6.10 Å². The standard InChI is InChI=1S/C8H16F3NO/c1-5(12-4)6(2)13-7(3)8(9,10)11/h5-7,12H,1-4H3. The summed E-state index contributed by atoms with van der Waals surface area (Å²) in [7, 11) is 1.68. The Morgan fingerprint density at radius 3 is 1.92 bits per heavy atom. The van der Waals surface area contributed by atoms with Crippen LogP contribution in [0.4, 0.5) is 13.2 Å². The van der Waals surface area contributed by atoms with E-state index in [0.29, 0.717) is 0 Å². The van der Waals surface area contributed by atoms with Crippen molar-refractivity contribution < 1.29 is 17.9 Å². The van der Waals surface area contributed by atoms with Crippen molar-refractivity contribution in [2.75, 3.05) is 7.05 Å². The van der Waals surface area contributed by atoms with E-state index in [2.05, 4.69) is 5.32 Å². The highest BCUT2D eigenvalue weighted by molar-refractivity contribution is 4.70. The van der Waals surface area contributed by atoms with E-state index in [1.54, 1.807) is 20.9 Å². The maximum Gasteiger partial charge on any atom is 0.414 e. The van der Waals surface area contributed by atoms with Gasteiger partial charge in [-0.25, -0.2) is 0 Å². The van der Waals surface area contributed by atoms with Crippen LogP contribution in [-0.4, -0.2) is 31.5 Å². The summed E-state index contributed by atoms with van der Waals surface area (Å²) in [6.45, 7) is 4.40. The van der Waals surface area contributed by atoms with E-state index < -0.39 is 18.4 Å². The molecule has 0 aromatic rings. The predicted molar refractivity (Wildman–Crippen MR) is 44.6 cm³/mol. The molecule has 0 spiro atoms. The van der Waals surface area contributed by atoms with Gasteiger partial charge in [0.1, 0.15) is 0 Å². The summed E-state index contributed by atoms with van der Waals surface area (Å²) in [4.78, 5) is 0. The van der Waals surface area contributed by atoms with Gasteiger partial charge in [0.25, 0.3) is 0 Å². The molecule has 3 atom stereocenters. The highest BCUT2D eigenvalue weighted by atomic mass is 19.4. The molecule has 0 aromatic heterocycles. The summed E-state index contributed by atoms with van der Waals surface area (Å²) in [6.07, 6.45) is -6.44. The minimum atomic E-state index is -4.28. The number of likely N-dealkylation sites (N-methyl/N-ethyl adjacent to an activating group) is 1. The first-order chi connectivity index (χ1) is 5.79. The Balaban J connectivity index is 3.98. The fraction of sp³-hybridized carbons (Fsp3) is 1.00. The second kappa shape index (κ2) is 4.81. The summed E-state index contributed by atoms with van der Waals surface area (Å²) in [6, 6.07) is -0.0928. The molecule has 0 fully saturated rings. The zero-order valence-electron chi connectivity index (χ0n) is 8.27. The van der Waals surface area contributed by atoms with Crippen LogP contribution in [0, 0.1) is 0 Å². The molecule has 0 heterocycles. The molecule has 3 unspecified atom stereocenters. The summed E-state index contributed by atoms with van der Waals surface area (Å²) >= 11 is 0. The summed E-state index contributed by atoms with van der Waals surface area (Å²) in [5.41, 5.74) is 0. The third-order valence-corrected chi connectivity index (χ3v) is 2.04. The molecule has 0 aliphatic carbocycles. The highest BCUT2D eigenvalue weighted by Crippen LogP contribution is 2.23. The molecule has 0 radical (unpaired) electrons. The average Bonchev–Trinajstić information content (AvgIpc) is 2.01. The maximum absolute atomic E-state index is 12.0. The number of ether oxygens (including phenoxy) is 1. The van der Waals surface area contributed by atoms with Gasteiger partial charge in [-0.3, -0.25) is 0 Å². The van der Waals surface area contributed by atoms with Crippen LogP contribution < -0.4 is 5.32 Å². The minimum absolute atomic E-state index is 0.0928. The van der Waals surface area contributed by atoms with E-state index in [0.717, 1.165) is 6.92 Å². The normalized spacial score (nSPS) is 19.6. The van der Waals surface area contributed by atoms with Gasteiger partial charge in [0, 0.05) is 6.04 Å². The highest BCUT2D eigenvalue weighted by Gasteiger charge is 2.38. The Morgan fingerprint density at radius 1 is 1.15 bits per heavy atom. The van der Waals surface area contributed by atoms with Crippen molar-refractivity contribution in [3.8, 4) is 0 Å². The lowest BCUT2D eigenvalue weighted by Crippen LogP contribution is -2.40. The predicted octanol–water partition coefficient (Wildman–Crippen LogP) is 1.95. The third kappa shape index (κ3) is 4.47. The Bertz CT molecular complexity index is 149. The Hall–Kier alpha value is -0.290. The second-order valence-electron chi connectivity index (χ2n) is 3.10.